The van der Waals surface area contributed by atoms with E-state index in [0.29, 0.717) is 5.69 Å². The lowest BCUT2D eigenvalue weighted by Gasteiger charge is -2.20. The number of imidazole rings is 1. The highest BCUT2D eigenvalue weighted by molar-refractivity contribution is 5.89. The molecule has 1 aromatic heterocycles. The third-order valence-corrected chi connectivity index (χ3v) is 3.81. The second-order valence-corrected chi connectivity index (χ2v) is 6.69. The number of methoxy groups -OCH3 is 1. The number of halogens is 6. The number of rotatable bonds is 7. The van der Waals surface area contributed by atoms with Gasteiger partial charge in [-0.25, -0.2) is 19.4 Å². The number of carboxylic acids is 2. The summed E-state index contributed by atoms with van der Waals surface area (Å²) in [5, 5.41) is 20.0. The Kier molecular flexibility index (Phi) is 13.2. The van der Waals surface area contributed by atoms with Crippen molar-refractivity contribution in [2.45, 2.75) is 37.8 Å². The number of nitrogens with one attached hydrogen (secondary N) is 3. The average Bonchev–Trinajstić information content (AvgIpc) is 3.31. The van der Waals surface area contributed by atoms with Crippen LogP contribution in [0, 0.1) is 0 Å². The zero-order chi connectivity index (χ0) is 28.8. The lowest BCUT2D eigenvalue weighted by atomic mass is 10.1. The molecule has 0 radical (unpaired) electrons. The molecule has 11 nitrogen and oxygen atoms in total. The Labute approximate surface area is 204 Å². The molecule has 0 saturated heterocycles. The number of carbonyl (C=O) groups is 4. The van der Waals surface area contributed by atoms with Crippen molar-refractivity contribution < 1.29 is 60.5 Å². The number of aromatic nitrogens is 2. The molecule has 37 heavy (non-hydrogen) atoms. The normalized spacial score (nSPS) is 12.3. The number of aliphatic carboxylic acids is 2. The predicted molar refractivity (Wildman–Crippen MR) is 113 cm³/mol. The van der Waals surface area contributed by atoms with Crippen molar-refractivity contribution in [2.75, 3.05) is 12.4 Å². The van der Waals surface area contributed by atoms with Gasteiger partial charge in [0.1, 0.15) is 12.1 Å². The van der Waals surface area contributed by atoms with Crippen LogP contribution >= 0.6 is 0 Å². The molecular formula is C20H22F6N4O7. The van der Waals surface area contributed by atoms with Crippen LogP contribution in [0.2, 0.25) is 0 Å². The molecule has 2 atom stereocenters. The Bertz CT molecular complexity index is 975. The van der Waals surface area contributed by atoms with Crippen LogP contribution < -0.4 is 10.6 Å². The maximum atomic E-state index is 12.3. The summed E-state index contributed by atoms with van der Waals surface area (Å²) in [6.07, 6.45) is -6.71. The Morgan fingerprint density at radius 2 is 1.49 bits per heavy atom. The highest BCUT2D eigenvalue weighted by Gasteiger charge is 2.38. The first-order valence-corrected chi connectivity index (χ1v) is 9.76. The third kappa shape index (κ3) is 14.0. The fraction of sp³-hybridized carbons (Fsp3) is 0.350. The molecule has 17 heteroatoms. The molecule has 0 spiro atoms. The van der Waals surface area contributed by atoms with E-state index in [1.165, 1.54) is 13.4 Å². The third-order valence-electron chi connectivity index (χ3n) is 3.81. The molecule has 1 heterocycles. The molecule has 1 amide bonds. The van der Waals surface area contributed by atoms with Crippen molar-refractivity contribution in [2.24, 2.45) is 0 Å². The van der Waals surface area contributed by atoms with Crippen LogP contribution in [-0.2, 0) is 30.3 Å². The summed E-state index contributed by atoms with van der Waals surface area (Å²) in [6.45, 7) is 1.73. The van der Waals surface area contributed by atoms with Gasteiger partial charge in [-0.2, -0.15) is 26.3 Å². The van der Waals surface area contributed by atoms with E-state index >= 15 is 0 Å². The van der Waals surface area contributed by atoms with Crippen LogP contribution in [0.25, 0.3) is 0 Å². The number of anilines is 1. The van der Waals surface area contributed by atoms with E-state index in [9.17, 15) is 35.9 Å². The van der Waals surface area contributed by atoms with E-state index in [2.05, 4.69) is 20.6 Å². The Balaban J connectivity index is 0.000000761. The van der Waals surface area contributed by atoms with Gasteiger partial charge in [0.15, 0.2) is 0 Å². The van der Waals surface area contributed by atoms with Gasteiger partial charge in [-0.1, -0.05) is 18.2 Å². The first-order chi connectivity index (χ1) is 17.0. The van der Waals surface area contributed by atoms with Crippen molar-refractivity contribution in [3.05, 3.63) is 48.5 Å². The number of para-hydroxylation sites is 1. The summed E-state index contributed by atoms with van der Waals surface area (Å²) in [5.74, 6) is -6.31. The zero-order valence-corrected chi connectivity index (χ0v) is 19.1. The average molecular weight is 544 g/mol. The smallest absolute Gasteiger partial charge is 0.475 e. The van der Waals surface area contributed by atoms with Crippen molar-refractivity contribution in [1.82, 2.24) is 15.3 Å². The lowest BCUT2D eigenvalue weighted by molar-refractivity contribution is -0.193. The fourth-order valence-corrected chi connectivity index (χ4v) is 2.09. The van der Waals surface area contributed by atoms with Crippen LogP contribution in [-0.4, -0.2) is 75.5 Å². The van der Waals surface area contributed by atoms with Gasteiger partial charge in [-0.15, -0.1) is 0 Å². The zero-order valence-electron chi connectivity index (χ0n) is 19.1. The number of ether oxygens (including phenoxy) is 1. The van der Waals surface area contributed by atoms with Gasteiger partial charge in [-0.05, 0) is 19.1 Å². The monoisotopic (exact) mass is 544 g/mol. The summed E-state index contributed by atoms with van der Waals surface area (Å²) < 4.78 is 68.2. The Morgan fingerprint density at radius 3 is 1.86 bits per heavy atom. The lowest BCUT2D eigenvalue weighted by Crippen LogP contribution is -2.48. The SMILES string of the molecule is COC(=O)[C@H](Cc1c[nH]cn1)NC(=O)[C@H](C)Nc1ccccc1.O=C(O)C(F)(F)F.O=C(O)C(F)(F)F. The van der Waals surface area contributed by atoms with Gasteiger partial charge in [0.05, 0.1) is 19.1 Å². The number of hydrogen-bond acceptors (Lipinski definition) is 7. The first kappa shape index (κ1) is 32.7. The molecule has 0 saturated carbocycles. The minimum Gasteiger partial charge on any atom is -0.475 e. The van der Waals surface area contributed by atoms with Crippen molar-refractivity contribution >= 4 is 29.5 Å². The molecule has 2 aromatic rings. The van der Waals surface area contributed by atoms with Crippen LogP contribution in [0.3, 0.4) is 0 Å². The highest BCUT2D eigenvalue weighted by atomic mass is 19.4. The number of carbonyl (C=O) groups excluding carboxylic acids is 2. The Morgan fingerprint density at radius 1 is 1.00 bits per heavy atom. The van der Waals surface area contributed by atoms with Crippen LogP contribution in [0.5, 0.6) is 0 Å². The van der Waals surface area contributed by atoms with Gasteiger partial charge >= 0.3 is 30.3 Å². The largest absolute Gasteiger partial charge is 0.490 e. The molecule has 2 rings (SSSR count). The summed E-state index contributed by atoms with van der Waals surface area (Å²) in [4.78, 5) is 48.8. The summed E-state index contributed by atoms with van der Waals surface area (Å²) in [7, 11) is 1.29. The molecule has 206 valence electrons. The maximum Gasteiger partial charge on any atom is 0.490 e. The number of nitrogens with zero attached hydrogens (tertiary/aromatic N) is 1. The van der Waals surface area contributed by atoms with Crippen LogP contribution in [0.4, 0.5) is 32.0 Å². The number of alkyl halides is 6. The van der Waals surface area contributed by atoms with Gasteiger partial charge in [-0.3, -0.25) is 4.79 Å². The molecule has 0 aliphatic rings. The van der Waals surface area contributed by atoms with Gasteiger partial charge < -0.3 is 30.6 Å². The highest BCUT2D eigenvalue weighted by Crippen LogP contribution is 2.13. The van der Waals surface area contributed by atoms with Crippen molar-refractivity contribution in [3.8, 4) is 0 Å². The van der Waals surface area contributed by atoms with E-state index in [4.69, 9.17) is 24.5 Å². The topological polar surface area (TPSA) is 171 Å². The van der Waals surface area contributed by atoms with E-state index < -0.39 is 42.3 Å². The molecule has 0 fully saturated rings. The molecule has 1 aromatic carbocycles. The summed E-state index contributed by atoms with van der Waals surface area (Å²) in [5.41, 5.74) is 1.50. The minimum atomic E-state index is -5.08. The second-order valence-electron chi connectivity index (χ2n) is 6.69. The van der Waals surface area contributed by atoms with E-state index in [1.54, 1.807) is 13.1 Å². The minimum absolute atomic E-state index is 0.264. The number of hydrogen-bond donors (Lipinski definition) is 5. The first-order valence-electron chi connectivity index (χ1n) is 9.76. The molecule has 0 unspecified atom stereocenters. The molecule has 5 N–H and O–H groups in total. The predicted octanol–water partition coefficient (Wildman–Crippen LogP) is 2.38. The number of amides is 1. The van der Waals surface area contributed by atoms with E-state index in [-0.39, 0.29) is 12.3 Å². The van der Waals surface area contributed by atoms with Crippen LogP contribution in [0.15, 0.2) is 42.9 Å². The summed E-state index contributed by atoms with van der Waals surface area (Å²) >= 11 is 0. The van der Waals surface area contributed by atoms with Crippen molar-refractivity contribution in [3.63, 3.8) is 0 Å². The van der Waals surface area contributed by atoms with Gasteiger partial charge in [0.2, 0.25) is 5.91 Å². The molecule has 0 bridgehead atoms. The van der Waals surface area contributed by atoms with Crippen molar-refractivity contribution in [1.29, 1.82) is 0 Å². The second kappa shape index (κ2) is 14.9. The number of benzene rings is 1. The molecular weight excluding hydrogens is 522 g/mol. The number of H-pyrrole nitrogens is 1. The quantitative estimate of drug-likeness (QED) is 0.259. The van der Waals surface area contributed by atoms with E-state index in [1.807, 2.05) is 30.3 Å². The summed E-state index contributed by atoms with van der Waals surface area (Å²) in [6, 6.07) is 8.10. The number of carboxylic acid groups (broad SMARTS) is 2. The number of aromatic amines is 1. The van der Waals surface area contributed by atoms with Crippen LogP contribution in [0.1, 0.15) is 12.6 Å². The maximum absolute atomic E-state index is 12.3. The van der Waals surface area contributed by atoms with Gasteiger partial charge in [0.25, 0.3) is 0 Å². The molecule has 0 aliphatic carbocycles. The van der Waals surface area contributed by atoms with Gasteiger partial charge in [0, 0.05) is 18.3 Å². The molecule has 0 aliphatic heterocycles. The van der Waals surface area contributed by atoms with E-state index in [0.717, 1.165) is 5.69 Å². The Hall–Kier alpha value is -4.31. The number of esters is 1. The fourth-order valence-electron chi connectivity index (χ4n) is 2.09. The standard InChI is InChI=1S/C16H20N4O3.2C2HF3O2/c1-11(19-12-6-4-3-5-7-12)15(21)20-14(16(22)23-2)8-13-9-17-10-18-13;2*3-2(4,5)1(6)7/h3-7,9-11,14,19H,8H2,1-2H3,(H,17,18)(H,20,21);2*(H,6,7)/t11-,14-;;/m0../s1.